The number of alkyl halides is 3. The molecule has 2 aromatic carbocycles. The van der Waals surface area contributed by atoms with E-state index in [4.69, 9.17) is 0 Å². The Labute approximate surface area is 170 Å². The highest BCUT2D eigenvalue weighted by atomic mass is 19.4. The van der Waals surface area contributed by atoms with E-state index in [-0.39, 0.29) is 11.8 Å². The summed E-state index contributed by atoms with van der Waals surface area (Å²) in [7, 11) is 2.14. The predicted molar refractivity (Wildman–Crippen MR) is 108 cm³/mol. The second-order valence-electron chi connectivity index (χ2n) is 8.26. The van der Waals surface area contributed by atoms with Gasteiger partial charge in [-0.25, -0.2) is 0 Å². The van der Waals surface area contributed by atoms with Crippen LogP contribution in [-0.2, 0) is 11.8 Å². The number of aliphatic hydroxyl groups is 1. The smallest absolute Gasteiger partial charge is 0.380 e. The Morgan fingerprint density at radius 2 is 1.76 bits per heavy atom. The molecule has 5 rings (SSSR count). The van der Waals surface area contributed by atoms with E-state index in [1.165, 1.54) is 6.07 Å². The fourth-order valence-corrected chi connectivity index (χ4v) is 5.96. The van der Waals surface area contributed by atoms with E-state index < -0.39 is 17.3 Å². The van der Waals surface area contributed by atoms with Crippen LogP contribution in [0.15, 0.2) is 48.5 Å². The molecule has 3 aliphatic rings. The minimum atomic E-state index is -4.42. The lowest BCUT2D eigenvalue weighted by Crippen LogP contribution is -2.48. The highest BCUT2D eigenvalue weighted by molar-refractivity contribution is 5.51. The van der Waals surface area contributed by atoms with Gasteiger partial charge >= 0.3 is 6.18 Å². The summed E-state index contributed by atoms with van der Waals surface area (Å²) in [4.78, 5) is 2.41. The third-order valence-electron chi connectivity index (χ3n) is 7.17. The number of fused-ring (bicyclic) bond motifs is 6. The predicted octanol–water partition coefficient (Wildman–Crippen LogP) is 5.55. The zero-order valence-electron chi connectivity index (χ0n) is 17.1. The third-order valence-corrected chi connectivity index (χ3v) is 7.17. The molecular formula is C24H28F3NO. The van der Waals surface area contributed by atoms with Crippen molar-refractivity contribution in [2.75, 3.05) is 7.05 Å². The molecule has 1 aliphatic carbocycles. The van der Waals surface area contributed by atoms with Crippen LogP contribution >= 0.6 is 0 Å². The fourth-order valence-electron chi connectivity index (χ4n) is 5.96. The number of benzene rings is 2. The number of hydrogen-bond acceptors (Lipinski definition) is 2. The molecule has 2 heterocycles. The molecule has 1 N–H and O–H groups in total. The average Bonchev–Trinajstić information content (AvgIpc) is 3.11. The second-order valence-corrected chi connectivity index (χ2v) is 8.26. The summed E-state index contributed by atoms with van der Waals surface area (Å²) in [6, 6.07) is 13.8. The van der Waals surface area contributed by atoms with Crippen LogP contribution in [0, 0.1) is 5.92 Å². The summed E-state index contributed by atoms with van der Waals surface area (Å²) >= 11 is 0. The molecule has 5 atom stereocenters. The van der Waals surface area contributed by atoms with Crippen LogP contribution in [0.2, 0.25) is 0 Å². The Morgan fingerprint density at radius 3 is 2.48 bits per heavy atom. The fraction of sp³-hybridized carbons (Fsp3) is 0.500. The van der Waals surface area contributed by atoms with Crippen LogP contribution in [-0.4, -0.2) is 29.1 Å². The number of nitrogens with zero attached hydrogens (tertiary/aromatic N) is 1. The van der Waals surface area contributed by atoms with Gasteiger partial charge in [0.25, 0.3) is 0 Å². The van der Waals surface area contributed by atoms with E-state index in [9.17, 15) is 18.3 Å². The summed E-state index contributed by atoms with van der Waals surface area (Å²) in [5, 5.41) is 12.0. The first-order valence-corrected chi connectivity index (χ1v) is 10.5. The molecule has 0 spiro atoms. The molecule has 0 aromatic heterocycles. The topological polar surface area (TPSA) is 23.5 Å². The molecule has 2 saturated heterocycles. The van der Waals surface area contributed by atoms with Gasteiger partial charge in [-0.05, 0) is 55.1 Å². The molecule has 2 aliphatic heterocycles. The number of hydrogen-bond donors (Lipinski definition) is 1. The Morgan fingerprint density at radius 1 is 1.03 bits per heavy atom. The first kappa shape index (κ1) is 20.4. The van der Waals surface area contributed by atoms with Crippen molar-refractivity contribution in [3.05, 3.63) is 70.8 Å². The maximum atomic E-state index is 13.3. The number of halogens is 3. The lowest BCUT2D eigenvalue weighted by Gasteiger charge is -2.44. The monoisotopic (exact) mass is 403 g/mol. The number of likely N-dealkylation sites (N-methyl/N-ethyl adjacent to an activating group) is 1. The Bertz CT molecular complexity index is 896. The summed E-state index contributed by atoms with van der Waals surface area (Å²) in [6.45, 7) is 4.00. The van der Waals surface area contributed by atoms with Gasteiger partial charge in [-0.2, -0.15) is 13.2 Å². The Kier molecular flexibility index (Phi) is 5.02. The summed E-state index contributed by atoms with van der Waals surface area (Å²) < 4.78 is 39.9. The second kappa shape index (κ2) is 7.13. The van der Waals surface area contributed by atoms with Gasteiger partial charge in [0.2, 0.25) is 0 Å². The lowest BCUT2D eigenvalue weighted by atomic mass is 9.72. The van der Waals surface area contributed by atoms with Gasteiger partial charge < -0.3 is 5.11 Å². The SMILES string of the molecule is CC.CN1C2CCC1C1c3ccccc3C(O)(c3cccc(C(F)(F)F)c3)C1C2. The quantitative estimate of drug-likeness (QED) is 0.675. The molecule has 2 nitrogen and oxygen atoms in total. The number of rotatable bonds is 1. The molecule has 0 radical (unpaired) electrons. The minimum absolute atomic E-state index is 0.0907. The van der Waals surface area contributed by atoms with Crippen molar-refractivity contribution in [3.63, 3.8) is 0 Å². The van der Waals surface area contributed by atoms with Crippen LogP contribution in [0.1, 0.15) is 61.3 Å². The summed E-state index contributed by atoms with van der Waals surface area (Å²) in [5.41, 5.74) is 0.163. The zero-order chi connectivity index (χ0) is 21.0. The Balaban J connectivity index is 0.000000994. The largest absolute Gasteiger partial charge is 0.416 e. The van der Waals surface area contributed by atoms with Crippen LogP contribution < -0.4 is 0 Å². The van der Waals surface area contributed by atoms with Crippen LogP contribution in [0.3, 0.4) is 0 Å². The van der Waals surface area contributed by atoms with Crippen molar-refractivity contribution >= 4 is 0 Å². The average molecular weight is 403 g/mol. The molecule has 0 amide bonds. The molecule has 2 aromatic rings. The van der Waals surface area contributed by atoms with Crippen molar-refractivity contribution in [3.8, 4) is 0 Å². The maximum Gasteiger partial charge on any atom is 0.416 e. The van der Waals surface area contributed by atoms with Gasteiger partial charge in [0.1, 0.15) is 5.60 Å². The molecule has 2 fully saturated rings. The minimum Gasteiger partial charge on any atom is -0.380 e. The highest BCUT2D eigenvalue weighted by Gasteiger charge is 2.59. The van der Waals surface area contributed by atoms with Crippen LogP contribution in [0.25, 0.3) is 0 Å². The van der Waals surface area contributed by atoms with Crippen molar-refractivity contribution in [2.45, 2.75) is 62.9 Å². The van der Waals surface area contributed by atoms with Gasteiger partial charge in [-0.15, -0.1) is 0 Å². The van der Waals surface area contributed by atoms with E-state index in [2.05, 4.69) is 11.9 Å². The van der Waals surface area contributed by atoms with E-state index in [0.717, 1.165) is 42.5 Å². The molecule has 5 unspecified atom stereocenters. The first-order valence-electron chi connectivity index (χ1n) is 10.5. The first-order chi connectivity index (χ1) is 13.8. The van der Waals surface area contributed by atoms with E-state index in [0.29, 0.717) is 17.6 Å². The van der Waals surface area contributed by atoms with Gasteiger partial charge in [-0.1, -0.05) is 50.2 Å². The highest BCUT2D eigenvalue weighted by Crippen LogP contribution is 2.61. The summed E-state index contributed by atoms with van der Waals surface area (Å²) in [6.07, 6.45) is -1.45. The van der Waals surface area contributed by atoms with E-state index >= 15 is 0 Å². The van der Waals surface area contributed by atoms with Gasteiger partial charge in [0.05, 0.1) is 5.56 Å². The molecule has 2 bridgehead atoms. The van der Waals surface area contributed by atoms with E-state index in [1.54, 1.807) is 6.07 Å². The molecular weight excluding hydrogens is 375 g/mol. The lowest BCUT2D eigenvalue weighted by molar-refractivity contribution is -0.137. The van der Waals surface area contributed by atoms with Crippen molar-refractivity contribution in [1.29, 1.82) is 0 Å². The normalized spacial score (nSPS) is 32.9. The van der Waals surface area contributed by atoms with Crippen LogP contribution in [0.4, 0.5) is 13.2 Å². The Hall–Kier alpha value is -1.85. The maximum absolute atomic E-state index is 13.3. The number of piperidine rings is 1. The third kappa shape index (κ3) is 2.93. The van der Waals surface area contributed by atoms with Gasteiger partial charge in [0.15, 0.2) is 0 Å². The van der Waals surface area contributed by atoms with Crippen LogP contribution in [0.5, 0.6) is 0 Å². The van der Waals surface area contributed by atoms with E-state index in [1.807, 2.05) is 38.1 Å². The van der Waals surface area contributed by atoms with Crippen molar-refractivity contribution < 1.29 is 18.3 Å². The van der Waals surface area contributed by atoms with Gasteiger partial charge in [-0.3, -0.25) is 4.90 Å². The standard InChI is InChI=1S/C22H22F3NO.C2H6/c1-26-15-9-10-19(26)20-16-7-2-3-8-17(16)21(27,18(20)12-15)13-5-4-6-14(11-13)22(23,24)25;1-2/h2-8,11,15,18-20,27H,9-10,12H2,1H3;1-2H3. The molecule has 0 saturated carbocycles. The van der Waals surface area contributed by atoms with Crippen molar-refractivity contribution in [1.82, 2.24) is 4.90 Å². The van der Waals surface area contributed by atoms with Gasteiger partial charge in [0, 0.05) is 23.9 Å². The molecule has 156 valence electrons. The van der Waals surface area contributed by atoms with Crippen molar-refractivity contribution in [2.24, 2.45) is 5.92 Å². The molecule has 29 heavy (non-hydrogen) atoms. The molecule has 5 heteroatoms. The zero-order valence-corrected chi connectivity index (χ0v) is 17.1. The summed E-state index contributed by atoms with van der Waals surface area (Å²) in [5.74, 6) is 0.0663.